The summed E-state index contributed by atoms with van der Waals surface area (Å²) in [5.74, 6) is 0.441. The molecule has 4 N–H and O–H groups in total. The number of aryl methyl sites for hydroxylation is 1. The van der Waals surface area contributed by atoms with Gasteiger partial charge in [-0.25, -0.2) is 0 Å². The molecule has 0 fully saturated rings. The number of nitrogens with one attached hydrogen (secondary N) is 3. The zero-order valence-electron chi connectivity index (χ0n) is 18.6. The molecule has 0 aliphatic carbocycles. The Hall–Kier alpha value is -3.97. The number of hydrogen-bond donors (Lipinski definition) is 4. The Labute approximate surface area is 193 Å². The topological polar surface area (TPSA) is 115 Å². The minimum atomic E-state index is -0.903. The number of ether oxygens (including phenoxy) is 2. The number of Topliss-reactive ketones (excluding diaryl/α,β-unsaturated/α-hetero) is 1. The average Bonchev–Trinajstić information content (AvgIpc) is 2.85. The van der Waals surface area contributed by atoms with Gasteiger partial charge in [0, 0.05) is 29.4 Å². The molecule has 0 saturated heterocycles. The van der Waals surface area contributed by atoms with Gasteiger partial charge in [-0.2, -0.15) is 0 Å². The Bertz CT molecular complexity index is 1130. The number of anilines is 1. The van der Waals surface area contributed by atoms with Crippen LogP contribution in [-0.4, -0.2) is 42.6 Å². The van der Waals surface area contributed by atoms with Gasteiger partial charge in [-0.15, -0.1) is 0 Å². The number of aliphatic hydroxyl groups excluding tert-OH is 1. The third-order valence-corrected chi connectivity index (χ3v) is 5.02. The molecule has 1 atom stereocenters. The summed E-state index contributed by atoms with van der Waals surface area (Å²) in [7, 11) is 1.52. The Balaban J connectivity index is 1.95. The number of ketones is 1. The standard InChI is InChI=1S/C26H27N3O4/c1-17-8-10-19(11-9-17)25(26(31)24(28)23(27)18-6-4-3-5-7-18)29-20-14-21(32-2)16-22(15-20)33-13-12-30/h3-11,14-16,25,27-30H,12-13H2,1-2H3. The van der Waals surface area contributed by atoms with Crippen LogP contribution in [0, 0.1) is 17.7 Å². The summed E-state index contributed by atoms with van der Waals surface area (Å²) >= 11 is 0. The van der Waals surface area contributed by atoms with Crippen molar-refractivity contribution in [2.45, 2.75) is 13.0 Å². The monoisotopic (exact) mass is 445 g/mol. The van der Waals surface area contributed by atoms with Crippen LogP contribution in [0.2, 0.25) is 0 Å². The van der Waals surface area contributed by atoms with Gasteiger partial charge in [0.15, 0.2) is 0 Å². The van der Waals surface area contributed by atoms with Crippen LogP contribution in [0.25, 0.3) is 0 Å². The van der Waals surface area contributed by atoms with Crippen molar-refractivity contribution in [3.05, 3.63) is 89.5 Å². The molecule has 0 radical (unpaired) electrons. The Kier molecular flexibility index (Phi) is 7.94. The molecule has 0 aliphatic heterocycles. The first kappa shape index (κ1) is 23.7. The molecule has 170 valence electrons. The highest BCUT2D eigenvalue weighted by atomic mass is 16.5. The molecule has 0 amide bonds. The van der Waals surface area contributed by atoms with Crippen molar-refractivity contribution in [2.24, 2.45) is 0 Å². The maximum Gasteiger partial charge on any atom is 0.209 e. The molecule has 33 heavy (non-hydrogen) atoms. The highest BCUT2D eigenvalue weighted by molar-refractivity contribution is 6.69. The first-order chi connectivity index (χ1) is 15.9. The summed E-state index contributed by atoms with van der Waals surface area (Å²) in [4.78, 5) is 13.4. The zero-order valence-corrected chi connectivity index (χ0v) is 18.6. The van der Waals surface area contributed by atoms with Crippen molar-refractivity contribution in [3.63, 3.8) is 0 Å². The molecule has 7 heteroatoms. The summed E-state index contributed by atoms with van der Waals surface area (Å²) < 4.78 is 10.9. The molecule has 0 spiro atoms. The van der Waals surface area contributed by atoms with E-state index in [1.165, 1.54) is 7.11 Å². The van der Waals surface area contributed by atoms with Gasteiger partial charge < -0.3 is 19.9 Å². The number of benzene rings is 3. The second-order valence-corrected chi connectivity index (χ2v) is 7.44. The van der Waals surface area contributed by atoms with Gasteiger partial charge >= 0.3 is 0 Å². The lowest BCUT2D eigenvalue weighted by Crippen LogP contribution is -2.32. The summed E-state index contributed by atoms with van der Waals surface area (Å²) in [6.07, 6.45) is 0. The minimum Gasteiger partial charge on any atom is -0.497 e. The van der Waals surface area contributed by atoms with Crippen LogP contribution in [-0.2, 0) is 4.79 Å². The van der Waals surface area contributed by atoms with Crippen LogP contribution < -0.4 is 14.8 Å². The van der Waals surface area contributed by atoms with Gasteiger partial charge in [0.2, 0.25) is 5.78 Å². The Morgan fingerprint density at radius 1 is 1.00 bits per heavy atom. The summed E-state index contributed by atoms with van der Waals surface area (Å²) in [5, 5.41) is 29.1. The molecule has 0 aromatic heterocycles. The van der Waals surface area contributed by atoms with Gasteiger partial charge in [0.05, 0.1) is 19.4 Å². The fraction of sp³-hybridized carbons (Fsp3) is 0.192. The van der Waals surface area contributed by atoms with E-state index in [2.05, 4.69) is 5.32 Å². The first-order valence-electron chi connectivity index (χ1n) is 10.5. The largest absolute Gasteiger partial charge is 0.497 e. The predicted octanol–water partition coefficient (Wildman–Crippen LogP) is 4.18. The van der Waals surface area contributed by atoms with Crippen molar-refractivity contribution in [1.29, 1.82) is 10.8 Å². The lowest BCUT2D eigenvalue weighted by Gasteiger charge is -2.21. The molecule has 0 bridgehead atoms. The van der Waals surface area contributed by atoms with Crippen molar-refractivity contribution < 1.29 is 19.4 Å². The van der Waals surface area contributed by atoms with E-state index < -0.39 is 11.8 Å². The van der Waals surface area contributed by atoms with E-state index >= 15 is 0 Å². The van der Waals surface area contributed by atoms with Crippen molar-refractivity contribution in [3.8, 4) is 11.5 Å². The lowest BCUT2D eigenvalue weighted by atomic mass is 9.94. The number of carbonyl (C=O) groups is 1. The third kappa shape index (κ3) is 6.05. The van der Waals surface area contributed by atoms with Crippen LogP contribution >= 0.6 is 0 Å². The maximum atomic E-state index is 13.4. The van der Waals surface area contributed by atoms with E-state index in [1.807, 2.05) is 37.3 Å². The molecule has 0 saturated carbocycles. The second-order valence-electron chi connectivity index (χ2n) is 7.44. The maximum absolute atomic E-state index is 13.4. The van der Waals surface area contributed by atoms with Gasteiger partial charge in [0.1, 0.15) is 29.9 Å². The van der Waals surface area contributed by atoms with Crippen LogP contribution in [0.5, 0.6) is 11.5 Å². The van der Waals surface area contributed by atoms with Gasteiger partial charge in [-0.1, -0.05) is 60.2 Å². The van der Waals surface area contributed by atoms with E-state index in [0.29, 0.717) is 28.3 Å². The van der Waals surface area contributed by atoms with Crippen molar-refractivity contribution in [2.75, 3.05) is 25.6 Å². The SMILES string of the molecule is COc1cc(NC(C(=O)C(=N)C(=N)c2ccccc2)c2ccc(C)cc2)cc(OCCO)c1. The normalized spacial score (nSPS) is 11.4. The number of carbonyl (C=O) groups excluding carboxylic acids is 1. The van der Waals surface area contributed by atoms with Crippen LogP contribution in [0.1, 0.15) is 22.7 Å². The van der Waals surface area contributed by atoms with Gasteiger partial charge in [-0.05, 0) is 12.5 Å². The van der Waals surface area contributed by atoms with Crippen molar-refractivity contribution in [1.82, 2.24) is 0 Å². The predicted molar refractivity (Wildman–Crippen MR) is 129 cm³/mol. The summed E-state index contributed by atoms with van der Waals surface area (Å²) in [5.41, 5.74) is 2.21. The summed E-state index contributed by atoms with van der Waals surface area (Å²) in [6.45, 7) is 1.93. The molecule has 0 heterocycles. The number of aliphatic hydroxyl groups is 1. The fourth-order valence-corrected chi connectivity index (χ4v) is 3.26. The Morgan fingerprint density at radius 3 is 2.30 bits per heavy atom. The molecular weight excluding hydrogens is 418 g/mol. The number of methoxy groups -OCH3 is 1. The number of rotatable bonds is 11. The molecule has 7 nitrogen and oxygen atoms in total. The summed E-state index contributed by atoms with van der Waals surface area (Å²) in [6, 6.07) is 20.4. The number of hydrogen-bond acceptors (Lipinski definition) is 7. The van der Waals surface area contributed by atoms with E-state index in [-0.39, 0.29) is 24.6 Å². The first-order valence-corrected chi connectivity index (χ1v) is 10.5. The van der Waals surface area contributed by atoms with E-state index in [9.17, 15) is 4.79 Å². The molecule has 0 aliphatic rings. The lowest BCUT2D eigenvalue weighted by molar-refractivity contribution is -0.113. The van der Waals surface area contributed by atoms with Gasteiger partial charge in [-0.3, -0.25) is 15.6 Å². The highest BCUT2D eigenvalue weighted by Gasteiger charge is 2.27. The fourth-order valence-electron chi connectivity index (χ4n) is 3.26. The highest BCUT2D eigenvalue weighted by Crippen LogP contribution is 2.30. The van der Waals surface area contributed by atoms with E-state index in [1.54, 1.807) is 42.5 Å². The average molecular weight is 446 g/mol. The minimum absolute atomic E-state index is 0.117. The third-order valence-electron chi connectivity index (χ3n) is 5.02. The molecule has 3 aromatic carbocycles. The van der Waals surface area contributed by atoms with Crippen molar-refractivity contribution >= 4 is 22.9 Å². The second kappa shape index (κ2) is 11.1. The van der Waals surface area contributed by atoms with E-state index in [4.69, 9.17) is 25.4 Å². The quantitative estimate of drug-likeness (QED) is 0.331. The zero-order chi connectivity index (χ0) is 23.8. The molecule has 3 aromatic rings. The Morgan fingerprint density at radius 2 is 1.67 bits per heavy atom. The molecule has 3 rings (SSSR count). The van der Waals surface area contributed by atoms with Crippen LogP contribution in [0.4, 0.5) is 5.69 Å². The van der Waals surface area contributed by atoms with E-state index in [0.717, 1.165) is 5.56 Å². The molecule has 1 unspecified atom stereocenters. The van der Waals surface area contributed by atoms with Crippen LogP contribution in [0.15, 0.2) is 72.8 Å². The smallest absolute Gasteiger partial charge is 0.209 e. The molecular formula is C26H27N3O4. The van der Waals surface area contributed by atoms with Gasteiger partial charge in [0.25, 0.3) is 0 Å². The van der Waals surface area contributed by atoms with Crippen LogP contribution in [0.3, 0.4) is 0 Å².